The highest BCUT2D eigenvalue weighted by atomic mass is 16.4. The van der Waals surface area contributed by atoms with Gasteiger partial charge < -0.3 is 30.4 Å². The molecular weight excluding hydrogens is 394 g/mol. The third kappa shape index (κ3) is 17.9. The number of hydrogen-bond acceptors (Lipinski definition) is 6. The molecule has 0 aliphatic carbocycles. The molecule has 0 fully saturated rings. The first-order chi connectivity index (χ1) is 14.9. The van der Waals surface area contributed by atoms with Crippen molar-refractivity contribution in [1.29, 1.82) is 0 Å². The molecule has 31 heavy (non-hydrogen) atoms. The highest BCUT2D eigenvalue weighted by Gasteiger charge is 2.30. The molecule has 0 amide bonds. The Labute approximate surface area is 191 Å². The summed E-state index contributed by atoms with van der Waals surface area (Å²) in [6.07, 6.45) is 15.7. The lowest BCUT2D eigenvalue weighted by molar-refractivity contribution is -0.118. The summed E-state index contributed by atoms with van der Waals surface area (Å²) in [5, 5.41) is 47.7. The molecular formula is C25H53NO5. The van der Waals surface area contributed by atoms with Gasteiger partial charge in [-0.25, -0.2) is 0 Å². The molecule has 0 aliphatic rings. The van der Waals surface area contributed by atoms with Crippen molar-refractivity contribution in [2.75, 3.05) is 26.7 Å². The van der Waals surface area contributed by atoms with E-state index >= 15 is 0 Å². The molecule has 4 atom stereocenters. The Morgan fingerprint density at radius 3 is 1.29 bits per heavy atom. The normalized spacial score (nSPS) is 15.9. The Morgan fingerprint density at radius 1 is 0.548 bits per heavy atom. The Morgan fingerprint density at radius 2 is 0.903 bits per heavy atom. The second-order valence-corrected chi connectivity index (χ2v) is 9.36. The van der Waals surface area contributed by atoms with Crippen molar-refractivity contribution in [3.63, 3.8) is 0 Å². The van der Waals surface area contributed by atoms with Crippen molar-refractivity contribution in [1.82, 2.24) is 4.90 Å². The summed E-state index contributed by atoms with van der Waals surface area (Å²) in [6, 6.07) is 0. The van der Waals surface area contributed by atoms with E-state index in [1.807, 2.05) is 11.9 Å². The fourth-order valence-electron chi connectivity index (χ4n) is 4.01. The fourth-order valence-corrected chi connectivity index (χ4v) is 4.01. The summed E-state index contributed by atoms with van der Waals surface area (Å²) >= 11 is 0. The molecule has 188 valence electrons. The predicted octanol–water partition coefficient (Wildman–Crippen LogP) is 3.62. The minimum atomic E-state index is -1.55. The summed E-state index contributed by atoms with van der Waals surface area (Å²) in [7, 11) is 1.87. The van der Waals surface area contributed by atoms with Crippen molar-refractivity contribution in [2.24, 2.45) is 0 Å². The average molecular weight is 448 g/mol. The minimum absolute atomic E-state index is 0.217. The molecule has 0 heterocycles. The minimum Gasteiger partial charge on any atom is -0.394 e. The maximum absolute atomic E-state index is 9.99. The zero-order chi connectivity index (χ0) is 23.3. The van der Waals surface area contributed by atoms with Crippen LogP contribution in [0.1, 0.15) is 110 Å². The van der Waals surface area contributed by atoms with Gasteiger partial charge in [0.15, 0.2) is 0 Å². The third-order valence-electron chi connectivity index (χ3n) is 6.22. The van der Waals surface area contributed by atoms with Crippen LogP contribution in [0.4, 0.5) is 0 Å². The summed E-state index contributed by atoms with van der Waals surface area (Å²) in [4.78, 5) is 1.93. The second-order valence-electron chi connectivity index (χ2n) is 9.36. The molecule has 0 aromatic heterocycles. The highest BCUT2D eigenvalue weighted by Crippen LogP contribution is 2.14. The summed E-state index contributed by atoms with van der Waals surface area (Å²) in [5.74, 6) is 0. The summed E-state index contributed by atoms with van der Waals surface area (Å²) in [6.45, 7) is 2.65. The SMILES string of the molecule is CCCCCCCCCCCCCCCCCCN(C)CC(O)C(O)C(O)C(O)CO. The van der Waals surface area contributed by atoms with Gasteiger partial charge in [0.05, 0.1) is 12.7 Å². The Bertz CT molecular complexity index is 372. The van der Waals surface area contributed by atoms with Crippen LogP contribution in [0.25, 0.3) is 0 Å². The smallest absolute Gasteiger partial charge is 0.111 e. The van der Waals surface area contributed by atoms with Crippen LogP contribution in [0, 0.1) is 0 Å². The van der Waals surface area contributed by atoms with E-state index < -0.39 is 31.0 Å². The van der Waals surface area contributed by atoms with Gasteiger partial charge in [-0.05, 0) is 20.0 Å². The van der Waals surface area contributed by atoms with E-state index in [2.05, 4.69) is 6.92 Å². The van der Waals surface area contributed by atoms with Crippen LogP contribution in [0.3, 0.4) is 0 Å². The van der Waals surface area contributed by atoms with Gasteiger partial charge >= 0.3 is 0 Å². The van der Waals surface area contributed by atoms with E-state index in [4.69, 9.17) is 5.11 Å². The van der Waals surface area contributed by atoms with Gasteiger partial charge in [0.25, 0.3) is 0 Å². The van der Waals surface area contributed by atoms with Crippen molar-refractivity contribution in [3.05, 3.63) is 0 Å². The number of rotatable bonds is 23. The van der Waals surface area contributed by atoms with Crippen LogP contribution in [0.5, 0.6) is 0 Å². The van der Waals surface area contributed by atoms with E-state index in [0.717, 1.165) is 19.4 Å². The van der Waals surface area contributed by atoms with E-state index in [-0.39, 0.29) is 6.54 Å². The molecule has 0 saturated carbocycles. The molecule has 0 rings (SSSR count). The van der Waals surface area contributed by atoms with Gasteiger partial charge in [-0.2, -0.15) is 0 Å². The van der Waals surface area contributed by atoms with Crippen LogP contribution < -0.4 is 0 Å². The molecule has 6 nitrogen and oxygen atoms in total. The van der Waals surface area contributed by atoms with Crippen LogP contribution in [0.15, 0.2) is 0 Å². The molecule has 0 aromatic carbocycles. The maximum Gasteiger partial charge on any atom is 0.111 e. The fraction of sp³-hybridized carbons (Fsp3) is 1.00. The van der Waals surface area contributed by atoms with Crippen LogP contribution >= 0.6 is 0 Å². The van der Waals surface area contributed by atoms with Crippen LogP contribution in [0.2, 0.25) is 0 Å². The van der Waals surface area contributed by atoms with Crippen LogP contribution in [-0.2, 0) is 0 Å². The zero-order valence-corrected chi connectivity index (χ0v) is 20.4. The van der Waals surface area contributed by atoms with Gasteiger partial charge in [0.2, 0.25) is 0 Å². The number of likely N-dealkylation sites (N-methyl/N-ethyl adjacent to an activating group) is 1. The number of aliphatic hydroxyl groups is 5. The quantitative estimate of drug-likeness (QED) is 0.153. The number of aliphatic hydroxyl groups excluding tert-OH is 5. The summed E-state index contributed by atoms with van der Waals surface area (Å²) < 4.78 is 0. The lowest BCUT2D eigenvalue weighted by atomic mass is 10.0. The molecule has 0 aromatic rings. The van der Waals surface area contributed by atoms with E-state index in [1.54, 1.807) is 0 Å². The van der Waals surface area contributed by atoms with Crippen molar-refractivity contribution in [2.45, 2.75) is 134 Å². The topological polar surface area (TPSA) is 104 Å². The standard InChI is InChI=1S/C25H53NO5/c1-3-4-5-6-7-8-9-10-11-12-13-14-15-16-17-18-19-26(2)20-22(28)24(30)25(31)23(29)21-27/h22-25,27-31H,3-21H2,1-2H3. The molecule has 5 N–H and O–H groups in total. The molecule has 0 aliphatic heterocycles. The Balaban J connectivity index is 3.45. The van der Waals surface area contributed by atoms with Crippen LogP contribution in [-0.4, -0.2) is 81.6 Å². The van der Waals surface area contributed by atoms with Crippen molar-refractivity contribution >= 4 is 0 Å². The molecule has 0 spiro atoms. The lowest BCUT2D eigenvalue weighted by Gasteiger charge is -2.28. The average Bonchev–Trinajstić information content (AvgIpc) is 2.77. The predicted molar refractivity (Wildman–Crippen MR) is 128 cm³/mol. The molecule has 4 unspecified atom stereocenters. The highest BCUT2D eigenvalue weighted by molar-refractivity contribution is 4.82. The van der Waals surface area contributed by atoms with Gasteiger partial charge in [0.1, 0.15) is 18.3 Å². The van der Waals surface area contributed by atoms with E-state index in [0.29, 0.717) is 0 Å². The van der Waals surface area contributed by atoms with Crippen molar-refractivity contribution < 1.29 is 25.5 Å². The molecule has 6 heteroatoms. The van der Waals surface area contributed by atoms with E-state index in [9.17, 15) is 20.4 Å². The number of unbranched alkanes of at least 4 members (excludes halogenated alkanes) is 15. The number of nitrogens with zero attached hydrogens (tertiary/aromatic N) is 1. The third-order valence-corrected chi connectivity index (χ3v) is 6.22. The van der Waals surface area contributed by atoms with Gasteiger partial charge in [0, 0.05) is 6.54 Å². The van der Waals surface area contributed by atoms with Crippen molar-refractivity contribution in [3.8, 4) is 0 Å². The first kappa shape index (κ1) is 30.8. The second kappa shape index (κ2) is 21.6. The molecule has 0 radical (unpaired) electrons. The van der Waals surface area contributed by atoms with Gasteiger partial charge in [-0.1, -0.05) is 103 Å². The van der Waals surface area contributed by atoms with E-state index in [1.165, 1.54) is 89.9 Å². The lowest BCUT2D eigenvalue weighted by Crippen LogP contribution is -2.49. The number of hydrogen-bond donors (Lipinski definition) is 5. The summed E-state index contributed by atoms with van der Waals surface area (Å²) in [5.41, 5.74) is 0. The first-order valence-electron chi connectivity index (χ1n) is 13.0. The monoisotopic (exact) mass is 447 g/mol. The first-order valence-corrected chi connectivity index (χ1v) is 13.0. The van der Waals surface area contributed by atoms with Gasteiger partial charge in [-0.15, -0.1) is 0 Å². The Hall–Kier alpha value is -0.240. The molecule has 0 saturated heterocycles. The molecule has 0 bridgehead atoms. The largest absolute Gasteiger partial charge is 0.394 e. The zero-order valence-electron chi connectivity index (χ0n) is 20.4. The Kier molecular flexibility index (Phi) is 21.4. The maximum atomic E-state index is 9.99. The van der Waals surface area contributed by atoms with Gasteiger partial charge in [-0.3, -0.25) is 0 Å².